The van der Waals surface area contributed by atoms with Gasteiger partial charge in [0.2, 0.25) is 0 Å². The number of nitro groups is 1. The molecule has 2 rings (SSSR count). The number of non-ortho nitro benzene ring substituents is 1. The fraction of sp³-hybridized carbons (Fsp3) is 0.200. The molecule has 0 amide bonds. The van der Waals surface area contributed by atoms with E-state index in [1.807, 2.05) is 38.1 Å². The van der Waals surface area contributed by atoms with Crippen LogP contribution in [-0.4, -0.2) is 4.92 Å². The van der Waals surface area contributed by atoms with Gasteiger partial charge in [-0.15, -0.1) is 0 Å². The van der Waals surface area contributed by atoms with E-state index in [4.69, 9.17) is 0 Å². The van der Waals surface area contributed by atoms with Crippen LogP contribution in [0.5, 0.6) is 0 Å². The Morgan fingerprint density at radius 2 is 1.85 bits per heavy atom. The molecule has 2 aromatic carbocycles. The van der Waals surface area contributed by atoms with E-state index in [0.717, 1.165) is 17.2 Å². The third-order valence-electron chi connectivity index (χ3n) is 3.05. The van der Waals surface area contributed by atoms with Crippen molar-refractivity contribution in [3.05, 3.63) is 69.5 Å². The van der Waals surface area contributed by atoms with Gasteiger partial charge in [-0.05, 0) is 25.5 Å². The van der Waals surface area contributed by atoms with E-state index in [2.05, 4.69) is 5.32 Å². The molecule has 0 heterocycles. The minimum Gasteiger partial charge on any atom is -0.378 e. The number of nitrogens with one attached hydrogen (secondary N) is 1. The van der Waals surface area contributed by atoms with E-state index in [9.17, 15) is 14.5 Å². The van der Waals surface area contributed by atoms with Crippen molar-refractivity contribution in [3.63, 3.8) is 0 Å². The van der Waals surface area contributed by atoms with E-state index < -0.39 is 10.7 Å². The lowest BCUT2D eigenvalue weighted by Gasteiger charge is -2.16. The van der Waals surface area contributed by atoms with Crippen LogP contribution < -0.4 is 5.32 Å². The van der Waals surface area contributed by atoms with Crippen LogP contribution in [0.25, 0.3) is 0 Å². The first-order chi connectivity index (χ1) is 9.45. The van der Waals surface area contributed by atoms with Crippen LogP contribution in [0.3, 0.4) is 0 Å². The van der Waals surface area contributed by atoms with Crippen molar-refractivity contribution in [2.24, 2.45) is 0 Å². The molecule has 1 N–H and O–H groups in total. The van der Waals surface area contributed by atoms with Crippen molar-refractivity contribution in [2.75, 3.05) is 5.32 Å². The smallest absolute Gasteiger partial charge is 0.274 e. The molecule has 4 nitrogen and oxygen atoms in total. The second-order valence-electron chi connectivity index (χ2n) is 4.73. The zero-order chi connectivity index (χ0) is 14.7. The summed E-state index contributed by atoms with van der Waals surface area (Å²) in [5.41, 5.74) is 2.32. The van der Waals surface area contributed by atoms with Crippen LogP contribution in [-0.2, 0) is 0 Å². The molecule has 0 saturated carbocycles. The SMILES string of the molecule is Cc1ccc(C(C)Nc2cc(F)cc([N+](=O)[O-])c2)cc1. The molecule has 0 aliphatic carbocycles. The van der Waals surface area contributed by atoms with Crippen LogP contribution >= 0.6 is 0 Å². The maximum Gasteiger partial charge on any atom is 0.274 e. The Bertz CT molecular complexity index is 626. The van der Waals surface area contributed by atoms with Crippen molar-refractivity contribution >= 4 is 11.4 Å². The van der Waals surface area contributed by atoms with Crippen molar-refractivity contribution in [2.45, 2.75) is 19.9 Å². The van der Waals surface area contributed by atoms with Gasteiger partial charge in [0.15, 0.2) is 0 Å². The van der Waals surface area contributed by atoms with Gasteiger partial charge >= 0.3 is 0 Å². The normalized spacial score (nSPS) is 11.9. The van der Waals surface area contributed by atoms with Gasteiger partial charge in [0.25, 0.3) is 5.69 Å². The molecular weight excluding hydrogens is 259 g/mol. The summed E-state index contributed by atoms with van der Waals surface area (Å²) in [4.78, 5) is 10.1. The fourth-order valence-electron chi connectivity index (χ4n) is 1.95. The van der Waals surface area contributed by atoms with Crippen molar-refractivity contribution in [1.82, 2.24) is 0 Å². The second kappa shape index (κ2) is 5.69. The van der Waals surface area contributed by atoms with Crippen molar-refractivity contribution in [1.29, 1.82) is 0 Å². The molecule has 0 aliphatic heterocycles. The molecule has 0 bridgehead atoms. The second-order valence-corrected chi connectivity index (χ2v) is 4.73. The third kappa shape index (κ3) is 3.32. The van der Waals surface area contributed by atoms with E-state index >= 15 is 0 Å². The Hall–Kier alpha value is -2.43. The number of anilines is 1. The molecule has 104 valence electrons. The molecule has 20 heavy (non-hydrogen) atoms. The van der Waals surface area contributed by atoms with Gasteiger partial charge in [0.1, 0.15) is 5.82 Å². The number of aryl methyl sites for hydroxylation is 1. The Labute approximate surface area is 116 Å². The van der Waals surface area contributed by atoms with Gasteiger partial charge < -0.3 is 5.32 Å². The Kier molecular flexibility index (Phi) is 3.98. The zero-order valence-corrected chi connectivity index (χ0v) is 11.3. The minimum atomic E-state index is -0.627. The lowest BCUT2D eigenvalue weighted by Crippen LogP contribution is -2.07. The number of halogens is 1. The number of nitro benzene ring substituents is 1. The summed E-state index contributed by atoms with van der Waals surface area (Å²) in [7, 11) is 0. The van der Waals surface area contributed by atoms with Gasteiger partial charge in [-0.25, -0.2) is 4.39 Å². The van der Waals surface area contributed by atoms with Crippen LogP contribution in [0.15, 0.2) is 42.5 Å². The van der Waals surface area contributed by atoms with Crippen LogP contribution in [0.4, 0.5) is 15.8 Å². The summed E-state index contributed by atoms with van der Waals surface area (Å²) in [6, 6.07) is 11.3. The Morgan fingerprint density at radius 1 is 1.20 bits per heavy atom. The third-order valence-corrected chi connectivity index (χ3v) is 3.05. The van der Waals surface area contributed by atoms with E-state index in [1.165, 1.54) is 12.1 Å². The lowest BCUT2D eigenvalue weighted by molar-refractivity contribution is -0.385. The lowest BCUT2D eigenvalue weighted by atomic mass is 10.1. The largest absolute Gasteiger partial charge is 0.378 e. The molecule has 1 atom stereocenters. The van der Waals surface area contributed by atoms with Crippen molar-refractivity contribution in [3.8, 4) is 0 Å². The monoisotopic (exact) mass is 274 g/mol. The highest BCUT2D eigenvalue weighted by atomic mass is 19.1. The molecular formula is C15H15FN2O2. The van der Waals surface area contributed by atoms with Crippen LogP contribution in [0, 0.1) is 22.9 Å². The quantitative estimate of drug-likeness (QED) is 0.671. The average Bonchev–Trinajstić information content (AvgIpc) is 2.38. The maximum absolute atomic E-state index is 13.3. The summed E-state index contributed by atoms with van der Waals surface area (Å²) in [6.07, 6.45) is 0. The Morgan fingerprint density at radius 3 is 2.45 bits per heavy atom. The summed E-state index contributed by atoms with van der Waals surface area (Å²) < 4.78 is 13.3. The molecule has 5 heteroatoms. The van der Waals surface area contributed by atoms with Crippen LogP contribution in [0.2, 0.25) is 0 Å². The van der Waals surface area contributed by atoms with Crippen LogP contribution in [0.1, 0.15) is 24.1 Å². The zero-order valence-electron chi connectivity index (χ0n) is 11.3. The number of nitrogens with zero attached hydrogens (tertiary/aromatic N) is 1. The molecule has 0 aromatic heterocycles. The van der Waals surface area contributed by atoms with Gasteiger partial charge in [-0.3, -0.25) is 10.1 Å². The standard InChI is InChI=1S/C15H15FN2O2/c1-10-3-5-12(6-4-10)11(2)17-14-7-13(16)8-15(9-14)18(19)20/h3-9,11,17H,1-2H3. The predicted octanol–water partition coefficient (Wildman–Crippen LogP) is 4.22. The number of benzene rings is 2. The van der Waals surface area contributed by atoms with Gasteiger partial charge in [-0.1, -0.05) is 29.8 Å². The highest BCUT2D eigenvalue weighted by molar-refractivity contribution is 5.52. The van der Waals surface area contributed by atoms with Crippen molar-refractivity contribution < 1.29 is 9.31 Å². The molecule has 2 aromatic rings. The fourth-order valence-corrected chi connectivity index (χ4v) is 1.95. The van der Waals surface area contributed by atoms with E-state index in [-0.39, 0.29) is 11.7 Å². The highest BCUT2D eigenvalue weighted by Gasteiger charge is 2.12. The van der Waals surface area contributed by atoms with E-state index in [0.29, 0.717) is 5.69 Å². The maximum atomic E-state index is 13.3. The molecule has 0 fully saturated rings. The average molecular weight is 274 g/mol. The topological polar surface area (TPSA) is 55.2 Å². The summed E-state index contributed by atoms with van der Waals surface area (Å²) in [6.45, 7) is 3.92. The molecule has 0 aliphatic rings. The van der Waals surface area contributed by atoms with E-state index in [1.54, 1.807) is 0 Å². The first-order valence-electron chi connectivity index (χ1n) is 6.24. The first kappa shape index (κ1) is 14.0. The first-order valence-corrected chi connectivity index (χ1v) is 6.24. The number of rotatable bonds is 4. The highest BCUT2D eigenvalue weighted by Crippen LogP contribution is 2.24. The number of hydrogen-bond donors (Lipinski definition) is 1. The van der Waals surface area contributed by atoms with Gasteiger partial charge in [0, 0.05) is 17.8 Å². The summed E-state index contributed by atoms with van der Waals surface area (Å²) in [5.74, 6) is -0.627. The molecule has 1 unspecified atom stereocenters. The summed E-state index contributed by atoms with van der Waals surface area (Å²) >= 11 is 0. The van der Waals surface area contributed by atoms with Gasteiger partial charge in [-0.2, -0.15) is 0 Å². The molecule has 0 spiro atoms. The predicted molar refractivity (Wildman–Crippen MR) is 76.3 cm³/mol. The summed E-state index contributed by atoms with van der Waals surface area (Å²) in [5, 5.41) is 13.8. The minimum absolute atomic E-state index is 0.0722. The Balaban J connectivity index is 2.21. The molecule has 0 radical (unpaired) electrons. The molecule has 0 saturated heterocycles. The van der Waals surface area contributed by atoms with Gasteiger partial charge in [0.05, 0.1) is 11.0 Å². The number of hydrogen-bond acceptors (Lipinski definition) is 3.